The Morgan fingerprint density at radius 1 is 1.89 bits per heavy atom. The van der Waals surface area contributed by atoms with Crippen LogP contribution in [0, 0.1) is 6.54 Å². The smallest absolute Gasteiger partial charge is 0.167 e. The molecule has 1 unspecified atom stereocenters. The predicted octanol–water partition coefficient (Wildman–Crippen LogP) is 0.727. The zero-order valence-electron chi connectivity index (χ0n) is 5.34. The van der Waals surface area contributed by atoms with Crippen molar-refractivity contribution in [3.8, 4) is 0 Å². The van der Waals surface area contributed by atoms with E-state index in [1.54, 1.807) is 11.4 Å². The van der Waals surface area contributed by atoms with Crippen LogP contribution >= 0.6 is 0 Å². The molecule has 0 saturated carbocycles. The van der Waals surface area contributed by atoms with Gasteiger partial charge in [0.25, 0.3) is 0 Å². The summed E-state index contributed by atoms with van der Waals surface area (Å²) in [5.41, 5.74) is 0. The normalized spacial score (nSPS) is 25.6. The average molecular weight is 128 g/mol. The third kappa shape index (κ3) is 1.40. The Kier molecular flexibility index (Phi) is 2.03. The highest BCUT2D eigenvalue weighted by molar-refractivity contribution is 5.59. The zero-order chi connectivity index (χ0) is 6.69. The summed E-state index contributed by atoms with van der Waals surface area (Å²) in [5.74, 6) is 0. The molecule has 2 radical (unpaired) electrons. The highest BCUT2D eigenvalue weighted by Crippen LogP contribution is 2.07. The first-order chi connectivity index (χ1) is 4.36. The molecule has 0 bridgehead atoms. The van der Waals surface area contributed by atoms with Crippen LogP contribution in [0.15, 0.2) is 4.99 Å². The predicted molar refractivity (Wildman–Crippen MR) is 33.9 cm³/mol. The molecule has 1 atom stereocenters. The molecule has 1 heterocycles. The maximum absolute atomic E-state index is 11.8. The zero-order valence-corrected chi connectivity index (χ0v) is 5.34. The minimum atomic E-state index is -0.413. The van der Waals surface area contributed by atoms with Crippen LogP contribution in [0.2, 0.25) is 0 Å². The Hall–Kier alpha value is -0.600. The van der Waals surface area contributed by atoms with Crippen LogP contribution in [0.3, 0.4) is 0 Å². The van der Waals surface area contributed by atoms with Crippen LogP contribution in [0.5, 0.6) is 0 Å². The van der Waals surface area contributed by atoms with Gasteiger partial charge in [-0.25, -0.2) is 4.39 Å². The maximum Gasteiger partial charge on any atom is 0.167 e. The van der Waals surface area contributed by atoms with Crippen LogP contribution in [0.4, 0.5) is 4.39 Å². The van der Waals surface area contributed by atoms with Crippen LogP contribution in [-0.4, -0.2) is 30.5 Å². The van der Waals surface area contributed by atoms with E-state index in [1.807, 2.05) is 6.92 Å². The number of alkyl halides is 1. The molecule has 1 rings (SSSR count). The van der Waals surface area contributed by atoms with E-state index in [1.165, 1.54) is 0 Å². The Morgan fingerprint density at radius 3 is 3.00 bits per heavy atom. The standard InChI is InChI=1S/C6H9FN2/c1-2-9-4-6(3-7)8-5-9/h4,6H,2-3H2,1H3. The molecule has 0 aromatic heterocycles. The van der Waals surface area contributed by atoms with Crippen LogP contribution in [0.25, 0.3) is 0 Å². The van der Waals surface area contributed by atoms with Crippen molar-refractivity contribution in [2.75, 3.05) is 13.2 Å². The summed E-state index contributed by atoms with van der Waals surface area (Å²) in [6.07, 6.45) is 2.67. The maximum atomic E-state index is 11.8. The van der Waals surface area contributed by atoms with Gasteiger partial charge in [0, 0.05) is 6.54 Å². The van der Waals surface area contributed by atoms with E-state index in [-0.39, 0.29) is 6.04 Å². The molecule has 2 nitrogen and oxygen atoms in total. The van der Waals surface area contributed by atoms with E-state index in [2.05, 4.69) is 11.3 Å². The van der Waals surface area contributed by atoms with Crippen LogP contribution < -0.4 is 0 Å². The van der Waals surface area contributed by atoms with Gasteiger partial charge in [0.15, 0.2) is 6.34 Å². The summed E-state index contributed by atoms with van der Waals surface area (Å²) >= 11 is 0. The Labute approximate surface area is 54.4 Å². The summed E-state index contributed by atoms with van der Waals surface area (Å²) in [7, 11) is 0. The van der Waals surface area contributed by atoms with E-state index in [4.69, 9.17) is 0 Å². The van der Waals surface area contributed by atoms with Crippen LogP contribution in [0.1, 0.15) is 6.92 Å². The Morgan fingerprint density at radius 2 is 2.67 bits per heavy atom. The number of aliphatic imine (C=N–C) groups is 1. The van der Waals surface area contributed by atoms with Gasteiger partial charge >= 0.3 is 0 Å². The number of hydrogen-bond donors (Lipinski definition) is 0. The molecule has 0 saturated heterocycles. The van der Waals surface area contributed by atoms with Crippen molar-refractivity contribution in [1.82, 2.24) is 4.90 Å². The molecule has 0 amide bonds. The van der Waals surface area contributed by atoms with Crippen molar-refractivity contribution < 1.29 is 4.39 Å². The van der Waals surface area contributed by atoms with Gasteiger partial charge < -0.3 is 4.90 Å². The van der Waals surface area contributed by atoms with Gasteiger partial charge in [0.1, 0.15) is 12.7 Å². The molecule has 0 aliphatic carbocycles. The third-order valence-electron chi connectivity index (χ3n) is 1.20. The first-order valence-electron chi connectivity index (χ1n) is 3.00. The van der Waals surface area contributed by atoms with Gasteiger partial charge in [-0.3, -0.25) is 4.99 Å². The summed E-state index contributed by atoms with van der Waals surface area (Å²) < 4.78 is 11.8. The van der Waals surface area contributed by atoms with Crippen molar-refractivity contribution in [2.24, 2.45) is 4.99 Å². The van der Waals surface area contributed by atoms with E-state index >= 15 is 0 Å². The SMILES string of the molecule is CCN1[C]=NC(CF)[CH]1. The molecule has 1 aliphatic rings. The van der Waals surface area contributed by atoms with E-state index in [0.29, 0.717) is 0 Å². The monoisotopic (exact) mass is 128 g/mol. The summed E-state index contributed by atoms with van der Waals surface area (Å²) in [6.45, 7) is 4.11. The minimum absolute atomic E-state index is 0.273. The van der Waals surface area contributed by atoms with E-state index in [9.17, 15) is 4.39 Å². The van der Waals surface area contributed by atoms with Gasteiger partial charge in [-0.1, -0.05) is 0 Å². The first kappa shape index (κ1) is 6.52. The second-order valence-electron chi connectivity index (χ2n) is 1.89. The highest BCUT2D eigenvalue weighted by atomic mass is 19.1. The molecule has 50 valence electrons. The van der Waals surface area contributed by atoms with Crippen molar-refractivity contribution in [2.45, 2.75) is 13.0 Å². The Bertz CT molecular complexity index is 102. The van der Waals surface area contributed by atoms with Crippen molar-refractivity contribution in [3.05, 3.63) is 6.54 Å². The van der Waals surface area contributed by atoms with E-state index in [0.717, 1.165) is 6.54 Å². The summed E-state index contributed by atoms with van der Waals surface area (Å²) in [6, 6.07) is -0.273. The van der Waals surface area contributed by atoms with Gasteiger partial charge in [-0.15, -0.1) is 0 Å². The van der Waals surface area contributed by atoms with Crippen LogP contribution in [-0.2, 0) is 0 Å². The molecule has 1 aliphatic heterocycles. The molecule has 9 heavy (non-hydrogen) atoms. The molecule has 0 aromatic rings. The number of rotatable bonds is 2. The summed E-state index contributed by atoms with van der Waals surface area (Å²) in [4.78, 5) is 5.51. The third-order valence-corrected chi connectivity index (χ3v) is 1.20. The van der Waals surface area contributed by atoms with Crippen molar-refractivity contribution >= 4 is 6.34 Å². The minimum Gasteiger partial charge on any atom is -0.347 e. The number of nitrogens with zero attached hydrogens (tertiary/aromatic N) is 2. The summed E-state index contributed by atoms with van der Waals surface area (Å²) in [5, 5.41) is 0. The van der Waals surface area contributed by atoms with E-state index < -0.39 is 6.67 Å². The fourth-order valence-corrected chi connectivity index (χ4v) is 0.673. The molecular weight excluding hydrogens is 119 g/mol. The van der Waals surface area contributed by atoms with Gasteiger partial charge in [0.2, 0.25) is 0 Å². The quantitative estimate of drug-likeness (QED) is 0.535. The fourth-order valence-electron chi connectivity index (χ4n) is 0.673. The average Bonchev–Trinajstić information content (AvgIpc) is 2.34. The lowest BCUT2D eigenvalue weighted by atomic mass is 10.3. The molecule has 0 aromatic carbocycles. The molecule has 0 N–H and O–H groups in total. The number of likely N-dealkylation sites (N-methyl/N-ethyl adjacent to an activating group) is 1. The number of hydrogen-bond acceptors (Lipinski definition) is 2. The molecule has 0 spiro atoms. The largest absolute Gasteiger partial charge is 0.347 e. The highest BCUT2D eigenvalue weighted by Gasteiger charge is 2.16. The topological polar surface area (TPSA) is 15.6 Å². The van der Waals surface area contributed by atoms with Gasteiger partial charge in [-0.2, -0.15) is 0 Å². The lowest BCUT2D eigenvalue weighted by molar-refractivity contribution is 0.426. The lowest BCUT2D eigenvalue weighted by Crippen LogP contribution is -2.17. The second-order valence-corrected chi connectivity index (χ2v) is 1.89. The Balaban J connectivity index is 2.31. The fraction of sp³-hybridized carbons (Fsp3) is 0.667. The molecular formula is C6H9FN2. The van der Waals surface area contributed by atoms with Crippen molar-refractivity contribution in [1.29, 1.82) is 0 Å². The van der Waals surface area contributed by atoms with Gasteiger partial charge in [0.05, 0.1) is 6.54 Å². The van der Waals surface area contributed by atoms with Crippen molar-refractivity contribution in [3.63, 3.8) is 0 Å². The first-order valence-corrected chi connectivity index (χ1v) is 3.00. The molecule has 3 heteroatoms. The van der Waals surface area contributed by atoms with Gasteiger partial charge in [-0.05, 0) is 6.92 Å². The number of halogens is 1. The lowest BCUT2D eigenvalue weighted by Gasteiger charge is -2.08. The molecule has 0 fully saturated rings. The second kappa shape index (κ2) is 2.80.